The van der Waals surface area contributed by atoms with Crippen molar-refractivity contribution in [3.05, 3.63) is 71.0 Å². The normalized spacial score (nSPS) is 16.7. The molecule has 2 aromatic carbocycles. The number of aryl methyl sites for hydroxylation is 1. The summed E-state index contributed by atoms with van der Waals surface area (Å²) in [7, 11) is 0. The zero-order chi connectivity index (χ0) is 22.0. The van der Waals surface area contributed by atoms with Gasteiger partial charge in [0.25, 0.3) is 5.91 Å². The van der Waals surface area contributed by atoms with E-state index in [1.54, 1.807) is 38.1 Å². The fourth-order valence-corrected chi connectivity index (χ4v) is 3.59. The largest absolute Gasteiger partial charge is 0.503 e. The Kier molecular flexibility index (Phi) is 6.30. The molecule has 0 fully saturated rings. The molecule has 0 aliphatic carbocycles. The van der Waals surface area contributed by atoms with E-state index in [9.17, 15) is 14.7 Å². The Balaban J connectivity index is 2.06. The van der Waals surface area contributed by atoms with Gasteiger partial charge in [-0.25, -0.2) is 0 Å². The molecule has 3 rings (SSSR count). The van der Waals surface area contributed by atoms with Crippen molar-refractivity contribution in [2.75, 3.05) is 11.5 Å². The van der Waals surface area contributed by atoms with Crippen molar-refractivity contribution >= 4 is 17.4 Å². The first kappa shape index (κ1) is 21.6. The lowest BCUT2D eigenvalue weighted by atomic mass is 9.89. The van der Waals surface area contributed by atoms with Gasteiger partial charge in [-0.05, 0) is 48.2 Å². The maximum atomic E-state index is 13.1. The molecule has 2 aromatic rings. The van der Waals surface area contributed by atoms with Crippen LogP contribution in [0.15, 0.2) is 59.9 Å². The first-order valence-corrected chi connectivity index (χ1v) is 10.3. The molecule has 0 aromatic heterocycles. The van der Waals surface area contributed by atoms with Crippen molar-refractivity contribution in [1.82, 2.24) is 0 Å². The molecule has 1 atom stereocenters. The van der Waals surface area contributed by atoms with E-state index in [1.165, 1.54) is 4.90 Å². The number of rotatable bonds is 7. The minimum absolute atomic E-state index is 0.157. The smallest absolute Gasteiger partial charge is 0.294 e. The van der Waals surface area contributed by atoms with E-state index in [2.05, 4.69) is 13.8 Å². The summed E-state index contributed by atoms with van der Waals surface area (Å²) in [6, 6.07) is 14.1. The summed E-state index contributed by atoms with van der Waals surface area (Å²) in [5.41, 5.74) is 2.52. The molecule has 1 amide bonds. The summed E-state index contributed by atoms with van der Waals surface area (Å²) in [5, 5.41) is 10.7. The molecule has 5 heteroatoms. The Bertz CT molecular complexity index is 973. The lowest BCUT2D eigenvalue weighted by Gasteiger charge is -2.28. The zero-order valence-corrected chi connectivity index (χ0v) is 18.2. The van der Waals surface area contributed by atoms with E-state index >= 15 is 0 Å². The summed E-state index contributed by atoms with van der Waals surface area (Å²) in [5.74, 6) is -0.491. The number of hydrogen-bond donors (Lipinski definition) is 1. The number of nitrogens with zero attached hydrogens (tertiary/aromatic N) is 1. The number of ketones is 1. The Hall–Kier alpha value is -3.08. The number of benzene rings is 2. The van der Waals surface area contributed by atoms with Crippen LogP contribution in [0, 0.1) is 18.8 Å². The highest BCUT2D eigenvalue weighted by Crippen LogP contribution is 2.43. The minimum atomic E-state index is -0.670. The second-order valence-corrected chi connectivity index (χ2v) is 8.41. The second kappa shape index (κ2) is 8.74. The Morgan fingerprint density at radius 3 is 2.27 bits per heavy atom. The van der Waals surface area contributed by atoms with Gasteiger partial charge in [0, 0.05) is 11.6 Å². The van der Waals surface area contributed by atoms with E-state index in [1.807, 2.05) is 31.2 Å². The van der Waals surface area contributed by atoms with E-state index < -0.39 is 17.7 Å². The number of carbonyl (C=O) groups is 2. The molecule has 1 unspecified atom stereocenters. The van der Waals surface area contributed by atoms with Crippen LogP contribution in [0.2, 0.25) is 0 Å². The SMILES string of the molecule is Cc1ccccc1C1C(C(=O)C(C)C)=C(O)C(=O)N1c1ccc(OCC(C)C)cc1. The molecule has 158 valence electrons. The third-order valence-electron chi connectivity index (χ3n) is 5.18. The molecule has 0 bridgehead atoms. The van der Waals surface area contributed by atoms with Crippen molar-refractivity contribution in [2.45, 2.75) is 40.7 Å². The summed E-state index contributed by atoms with van der Waals surface area (Å²) in [6.45, 7) is 10.2. The highest BCUT2D eigenvalue weighted by atomic mass is 16.5. The molecule has 0 saturated heterocycles. The van der Waals surface area contributed by atoms with Crippen LogP contribution >= 0.6 is 0 Å². The summed E-state index contributed by atoms with van der Waals surface area (Å²) < 4.78 is 5.74. The van der Waals surface area contributed by atoms with Crippen LogP contribution in [-0.4, -0.2) is 23.4 Å². The fourth-order valence-electron chi connectivity index (χ4n) is 3.59. The maximum Gasteiger partial charge on any atom is 0.294 e. The third-order valence-corrected chi connectivity index (χ3v) is 5.18. The number of anilines is 1. The first-order valence-electron chi connectivity index (χ1n) is 10.3. The maximum absolute atomic E-state index is 13.1. The molecular weight excluding hydrogens is 378 g/mol. The lowest BCUT2D eigenvalue weighted by Crippen LogP contribution is -2.31. The second-order valence-electron chi connectivity index (χ2n) is 8.41. The number of ether oxygens (including phenoxy) is 1. The van der Waals surface area contributed by atoms with E-state index in [0.29, 0.717) is 24.0 Å². The van der Waals surface area contributed by atoms with Crippen LogP contribution in [0.5, 0.6) is 5.75 Å². The standard InChI is InChI=1S/C25H29NO4/c1-15(2)14-30-19-12-10-18(11-13-19)26-22(20-9-7-6-8-17(20)5)21(23(27)16(3)4)24(28)25(26)29/h6-13,15-16,22,28H,14H2,1-5H3. The van der Waals surface area contributed by atoms with Gasteiger partial charge in [0.1, 0.15) is 5.75 Å². The van der Waals surface area contributed by atoms with Crippen LogP contribution in [0.25, 0.3) is 0 Å². The van der Waals surface area contributed by atoms with Gasteiger partial charge in [-0.3, -0.25) is 14.5 Å². The van der Waals surface area contributed by atoms with Crippen LogP contribution in [-0.2, 0) is 9.59 Å². The fraction of sp³-hybridized carbons (Fsp3) is 0.360. The monoisotopic (exact) mass is 407 g/mol. The molecule has 0 saturated carbocycles. The Labute approximate surface area is 178 Å². The van der Waals surface area contributed by atoms with Gasteiger partial charge in [0.15, 0.2) is 11.5 Å². The number of hydrogen-bond acceptors (Lipinski definition) is 4. The van der Waals surface area contributed by atoms with E-state index in [4.69, 9.17) is 4.74 Å². The number of aliphatic hydroxyl groups excluding tert-OH is 1. The molecule has 1 aliphatic heterocycles. The average molecular weight is 408 g/mol. The molecular formula is C25H29NO4. The van der Waals surface area contributed by atoms with Crippen LogP contribution in [0.1, 0.15) is 44.9 Å². The molecule has 5 nitrogen and oxygen atoms in total. The van der Waals surface area contributed by atoms with Gasteiger partial charge in [-0.1, -0.05) is 52.0 Å². The molecule has 0 spiro atoms. The van der Waals surface area contributed by atoms with Crippen molar-refractivity contribution in [2.24, 2.45) is 11.8 Å². The van der Waals surface area contributed by atoms with Gasteiger partial charge in [0.05, 0.1) is 18.2 Å². The number of aliphatic hydroxyl groups is 1. The molecule has 1 heterocycles. The summed E-state index contributed by atoms with van der Waals surface area (Å²) in [6.07, 6.45) is 0. The summed E-state index contributed by atoms with van der Waals surface area (Å²) in [4.78, 5) is 27.5. The van der Waals surface area contributed by atoms with Gasteiger partial charge < -0.3 is 9.84 Å². The van der Waals surface area contributed by atoms with Gasteiger partial charge in [0.2, 0.25) is 0 Å². The van der Waals surface area contributed by atoms with Crippen molar-refractivity contribution in [3.63, 3.8) is 0 Å². The van der Waals surface area contributed by atoms with Gasteiger partial charge >= 0.3 is 0 Å². The van der Waals surface area contributed by atoms with E-state index in [-0.39, 0.29) is 17.3 Å². The van der Waals surface area contributed by atoms with Gasteiger partial charge in [-0.2, -0.15) is 0 Å². The molecule has 1 N–H and O–H groups in total. The summed E-state index contributed by atoms with van der Waals surface area (Å²) >= 11 is 0. The number of amides is 1. The van der Waals surface area contributed by atoms with E-state index in [0.717, 1.165) is 11.1 Å². The predicted molar refractivity (Wildman–Crippen MR) is 118 cm³/mol. The quantitative estimate of drug-likeness (QED) is 0.689. The molecule has 0 radical (unpaired) electrons. The molecule has 1 aliphatic rings. The number of Topliss-reactive ketones (excluding diaryl/α,β-unsaturated/α-hetero) is 1. The zero-order valence-electron chi connectivity index (χ0n) is 18.2. The van der Waals surface area contributed by atoms with Crippen LogP contribution < -0.4 is 9.64 Å². The number of carbonyl (C=O) groups excluding carboxylic acids is 2. The van der Waals surface area contributed by atoms with Crippen LogP contribution in [0.3, 0.4) is 0 Å². The van der Waals surface area contributed by atoms with Crippen molar-refractivity contribution in [3.8, 4) is 5.75 Å². The van der Waals surface area contributed by atoms with Gasteiger partial charge in [-0.15, -0.1) is 0 Å². The highest BCUT2D eigenvalue weighted by molar-refractivity contribution is 6.16. The third kappa shape index (κ3) is 4.11. The first-order chi connectivity index (χ1) is 14.2. The molecule has 30 heavy (non-hydrogen) atoms. The van der Waals surface area contributed by atoms with Crippen LogP contribution in [0.4, 0.5) is 5.69 Å². The minimum Gasteiger partial charge on any atom is -0.503 e. The van der Waals surface area contributed by atoms with Crippen molar-refractivity contribution in [1.29, 1.82) is 0 Å². The average Bonchev–Trinajstić information content (AvgIpc) is 2.97. The lowest BCUT2D eigenvalue weighted by molar-refractivity contribution is -0.119. The Morgan fingerprint density at radius 1 is 1.07 bits per heavy atom. The predicted octanol–water partition coefficient (Wildman–Crippen LogP) is 5.15. The Morgan fingerprint density at radius 2 is 1.70 bits per heavy atom. The van der Waals surface area contributed by atoms with Crippen molar-refractivity contribution < 1.29 is 19.4 Å². The highest BCUT2D eigenvalue weighted by Gasteiger charge is 2.45. The topological polar surface area (TPSA) is 66.8 Å².